The van der Waals surface area contributed by atoms with Crippen LogP contribution in [0.2, 0.25) is 0 Å². The minimum Gasteiger partial charge on any atom is -0.504 e. The highest BCUT2D eigenvalue weighted by Crippen LogP contribution is 2.43. The second-order valence-electron chi connectivity index (χ2n) is 3.07. The van der Waals surface area contributed by atoms with E-state index in [1.165, 1.54) is 6.92 Å². The number of rotatable bonds is 1. The number of phenolic OH excluding ortho intramolecular Hbond substituents is 2. The van der Waals surface area contributed by atoms with Crippen LogP contribution in [0.1, 0.15) is 24.2 Å². The fraction of sp³-hybridized carbons (Fsp3) is 0.333. The van der Waals surface area contributed by atoms with E-state index in [0.717, 1.165) is 6.07 Å². The first-order valence-electron chi connectivity index (χ1n) is 4.05. The number of hydrogen-bond donors (Lipinski definition) is 3. The molecule has 0 bridgehead atoms. The highest BCUT2D eigenvalue weighted by Gasteiger charge is 2.35. The molecule has 6 heteroatoms. The van der Waals surface area contributed by atoms with Crippen molar-refractivity contribution in [3.63, 3.8) is 0 Å². The first-order chi connectivity index (χ1) is 6.75. The van der Waals surface area contributed by atoms with Gasteiger partial charge in [0.15, 0.2) is 11.5 Å². The van der Waals surface area contributed by atoms with Gasteiger partial charge in [-0.3, -0.25) is 0 Å². The van der Waals surface area contributed by atoms with Crippen LogP contribution in [0.3, 0.4) is 0 Å². The lowest BCUT2D eigenvalue weighted by molar-refractivity contribution is -0.138. The highest BCUT2D eigenvalue weighted by atomic mass is 19.4. The van der Waals surface area contributed by atoms with Crippen LogP contribution in [0, 0.1) is 0 Å². The summed E-state index contributed by atoms with van der Waals surface area (Å²) in [7, 11) is 0. The summed E-state index contributed by atoms with van der Waals surface area (Å²) in [5, 5.41) is 27.4. The van der Waals surface area contributed by atoms with E-state index >= 15 is 0 Å². The van der Waals surface area contributed by atoms with E-state index in [1.54, 1.807) is 0 Å². The average molecular weight is 222 g/mol. The molecule has 1 aromatic carbocycles. The number of aliphatic hydroxyl groups is 1. The molecule has 0 saturated heterocycles. The molecule has 0 aliphatic heterocycles. The summed E-state index contributed by atoms with van der Waals surface area (Å²) < 4.78 is 36.7. The third-order valence-corrected chi connectivity index (χ3v) is 1.94. The van der Waals surface area contributed by atoms with Crippen molar-refractivity contribution < 1.29 is 28.5 Å². The van der Waals surface area contributed by atoms with Crippen molar-refractivity contribution in [2.24, 2.45) is 0 Å². The summed E-state index contributed by atoms with van der Waals surface area (Å²) in [5.74, 6) is -2.21. The quantitative estimate of drug-likeness (QED) is 0.638. The Bertz CT molecular complexity index is 372. The Kier molecular flexibility index (Phi) is 2.81. The van der Waals surface area contributed by atoms with Crippen LogP contribution in [0.5, 0.6) is 11.5 Å². The van der Waals surface area contributed by atoms with Gasteiger partial charge in [-0.15, -0.1) is 0 Å². The zero-order chi connectivity index (χ0) is 11.8. The third-order valence-electron chi connectivity index (χ3n) is 1.94. The van der Waals surface area contributed by atoms with Crippen molar-refractivity contribution in [3.8, 4) is 11.5 Å². The fourth-order valence-electron chi connectivity index (χ4n) is 1.16. The Morgan fingerprint density at radius 1 is 1.13 bits per heavy atom. The lowest BCUT2D eigenvalue weighted by Crippen LogP contribution is -2.06. The van der Waals surface area contributed by atoms with Crippen molar-refractivity contribution >= 4 is 0 Å². The van der Waals surface area contributed by atoms with Crippen molar-refractivity contribution in [3.05, 3.63) is 23.3 Å². The number of alkyl halides is 3. The third kappa shape index (κ3) is 2.15. The molecule has 1 aromatic rings. The van der Waals surface area contributed by atoms with Gasteiger partial charge in [-0.2, -0.15) is 13.2 Å². The Labute approximate surface area is 83.4 Å². The molecule has 0 fully saturated rings. The Morgan fingerprint density at radius 2 is 1.67 bits per heavy atom. The van der Waals surface area contributed by atoms with Gasteiger partial charge >= 0.3 is 6.18 Å². The molecule has 0 spiro atoms. The first kappa shape index (κ1) is 11.6. The smallest absolute Gasteiger partial charge is 0.420 e. The highest BCUT2D eigenvalue weighted by molar-refractivity contribution is 5.51. The summed E-state index contributed by atoms with van der Waals surface area (Å²) in [5.41, 5.74) is -1.48. The van der Waals surface area contributed by atoms with Crippen molar-refractivity contribution in [1.82, 2.24) is 0 Å². The van der Waals surface area contributed by atoms with Gasteiger partial charge in [-0.25, -0.2) is 0 Å². The molecular formula is C9H9F3O3. The van der Waals surface area contributed by atoms with Gasteiger partial charge in [0.25, 0.3) is 0 Å². The van der Waals surface area contributed by atoms with Crippen molar-refractivity contribution in [2.75, 3.05) is 0 Å². The zero-order valence-electron chi connectivity index (χ0n) is 7.71. The maximum absolute atomic E-state index is 12.2. The molecule has 0 aliphatic rings. The van der Waals surface area contributed by atoms with E-state index in [1.807, 2.05) is 0 Å². The van der Waals surface area contributed by atoms with Crippen LogP contribution in [0.4, 0.5) is 13.2 Å². The number of hydrogen-bond acceptors (Lipinski definition) is 3. The summed E-state index contributed by atoms with van der Waals surface area (Å²) >= 11 is 0. The van der Waals surface area contributed by atoms with Crippen LogP contribution >= 0.6 is 0 Å². The summed E-state index contributed by atoms with van der Waals surface area (Å²) in [6.07, 6.45) is -5.89. The predicted molar refractivity (Wildman–Crippen MR) is 45.4 cm³/mol. The molecule has 15 heavy (non-hydrogen) atoms. The molecule has 3 nitrogen and oxygen atoms in total. The van der Waals surface area contributed by atoms with E-state index in [2.05, 4.69) is 0 Å². The standard InChI is InChI=1S/C9H9F3O3/c1-4(13)5-2-3-6(9(10,11)12)8(15)7(5)14/h2-4,13-15H,1H3. The molecule has 0 heterocycles. The molecule has 84 valence electrons. The van der Waals surface area contributed by atoms with Gasteiger partial charge in [0.2, 0.25) is 0 Å². The minimum absolute atomic E-state index is 0.152. The number of aliphatic hydroxyl groups excluding tert-OH is 1. The maximum atomic E-state index is 12.2. The summed E-state index contributed by atoms with van der Waals surface area (Å²) in [4.78, 5) is 0. The predicted octanol–water partition coefficient (Wildman–Crippen LogP) is 2.17. The monoisotopic (exact) mass is 222 g/mol. The molecule has 0 saturated carbocycles. The van der Waals surface area contributed by atoms with Gasteiger partial charge in [0, 0.05) is 5.56 Å². The second kappa shape index (κ2) is 3.62. The topological polar surface area (TPSA) is 60.7 Å². The Hall–Kier alpha value is -1.43. The average Bonchev–Trinajstić information content (AvgIpc) is 2.06. The maximum Gasteiger partial charge on any atom is 0.420 e. The van der Waals surface area contributed by atoms with Crippen molar-refractivity contribution in [1.29, 1.82) is 0 Å². The molecule has 1 rings (SSSR count). The number of benzene rings is 1. The lowest BCUT2D eigenvalue weighted by Gasteiger charge is -2.13. The molecule has 1 unspecified atom stereocenters. The molecule has 0 amide bonds. The van der Waals surface area contributed by atoms with Crippen LogP contribution in [0.25, 0.3) is 0 Å². The van der Waals surface area contributed by atoms with Gasteiger partial charge < -0.3 is 15.3 Å². The van der Waals surface area contributed by atoms with Crippen molar-refractivity contribution in [2.45, 2.75) is 19.2 Å². The molecule has 0 aromatic heterocycles. The van der Waals surface area contributed by atoms with Gasteiger partial charge in [0.1, 0.15) is 5.56 Å². The SMILES string of the molecule is CC(O)c1ccc(C(F)(F)F)c(O)c1O. The molecule has 0 aliphatic carbocycles. The zero-order valence-corrected chi connectivity index (χ0v) is 7.71. The van der Waals surface area contributed by atoms with E-state index in [-0.39, 0.29) is 5.56 Å². The van der Waals surface area contributed by atoms with E-state index in [9.17, 15) is 18.3 Å². The largest absolute Gasteiger partial charge is 0.504 e. The van der Waals surface area contributed by atoms with Crippen LogP contribution in [-0.2, 0) is 6.18 Å². The summed E-state index contributed by atoms with van der Waals surface area (Å²) in [6, 6.07) is 1.53. The fourth-order valence-corrected chi connectivity index (χ4v) is 1.16. The molecule has 0 radical (unpaired) electrons. The Balaban J connectivity index is 3.34. The second-order valence-corrected chi connectivity index (χ2v) is 3.07. The number of halogens is 3. The first-order valence-corrected chi connectivity index (χ1v) is 4.05. The minimum atomic E-state index is -4.74. The molecular weight excluding hydrogens is 213 g/mol. The molecule has 1 atom stereocenters. The van der Waals surface area contributed by atoms with Crippen LogP contribution in [-0.4, -0.2) is 15.3 Å². The van der Waals surface area contributed by atoms with Gasteiger partial charge in [-0.1, -0.05) is 6.07 Å². The lowest BCUT2D eigenvalue weighted by atomic mass is 10.0. The Morgan fingerprint density at radius 3 is 2.07 bits per heavy atom. The molecule has 3 N–H and O–H groups in total. The van der Waals surface area contributed by atoms with E-state index in [4.69, 9.17) is 10.2 Å². The number of phenols is 2. The number of aromatic hydroxyl groups is 2. The van der Waals surface area contributed by atoms with Gasteiger partial charge in [-0.05, 0) is 13.0 Å². The van der Waals surface area contributed by atoms with Crippen LogP contribution in [0.15, 0.2) is 12.1 Å². The van der Waals surface area contributed by atoms with Gasteiger partial charge in [0.05, 0.1) is 6.10 Å². The van der Waals surface area contributed by atoms with E-state index < -0.39 is 29.3 Å². The van der Waals surface area contributed by atoms with E-state index in [0.29, 0.717) is 6.07 Å². The van der Waals surface area contributed by atoms with Crippen LogP contribution < -0.4 is 0 Å². The normalized spacial score (nSPS) is 13.9. The summed E-state index contributed by atoms with van der Waals surface area (Å²) in [6.45, 7) is 1.27.